The first kappa shape index (κ1) is 14.3. The Bertz CT molecular complexity index is 561. The van der Waals surface area contributed by atoms with Crippen LogP contribution in [-0.4, -0.2) is 14.2 Å². The van der Waals surface area contributed by atoms with Crippen LogP contribution in [0.2, 0.25) is 0 Å². The Hall–Kier alpha value is -2.16. The molecule has 0 aromatic heterocycles. The molecule has 0 saturated heterocycles. The fraction of sp³-hybridized carbons (Fsp3) is 0.294. The molecule has 3 heteroatoms. The molecule has 1 N–H and O–H groups in total. The van der Waals surface area contributed by atoms with Crippen molar-refractivity contribution in [1.82, 2.24) is 0 Å². The van der Waals surface area contributed by atoms with Gasteiger partial charge in [0.15, 0.2) is 0 Å². The molecular formula is C17H21NO2. The molecule has 2 aromatic carbocycles. The van der Waals surface area contributed by atoms with Crippen LogP contribution in [0.1, 0.15) is 19.4 Å². The van der Waals surface area contributed by atoms with E-state index in [9.17, 15) is 0 Å². The Balaban J connectivity index is 2.20. The average Bonchev–Trinajstić information content (AvgIpc) is 2.47. The van der Waals surface area contributed by atoms with Gasteiger partial charge in [0.05, 0.1) is 19.8 Å². The summed E-state index contributed by atoms with van der Waals surface area (Å²) in [6.07, 6.45) is 0. The first-order valence-corrected chi connectivity index (χ1v) is 6.62. The van der Waals surface area contributed by atoms with Crippen molar-refractivity contribution in [3.8, 4) is 11.5 Å². The highest BCUT2D eigenvalue weighted by Crippen LogP contribution is 2.28. The molecule has 20 heavy (non-hydrogen) atoms. The Morgan fingerprint density at radius 2 is 1.50 bits per heavy atom. The zero-order valence-corrected chi connectivity index (χ0v) is 12.4. The van der Waals surface area contributed by atoms with E-state index >= 15 is 0 Å². The number of ether oxygens (including phenoxy) is 2. The Morgan fingerprint density at radius 1 is 0.850 bits per heavy atom. The predicted molar refractivity (Wildman–Crippen MR) is 82.6 cm³/mol. The second-order valence-electron chi connectivity index (χ2n) is 5.21. The Morgan fingerprint density at radius 3 is 2.10 bits per heavy atom. The van der Waals surface area contributed by atoms with E-state index in [0.29, 0.717) is 0 Å². The van der Waals surface area contributed by atoms with Gasteiger partial charge in [-0.3, -0.25) is 0 Å². The van der Waals surface area contributed by atoms with Crippen LogP contribution in [0.3, 0.4) is 0 Å². The second-order valence-corrected chi connectivity index (χ2v) is 5.21. The minimum atomic E-state index is -0.182. The first-order valence-electron chi connectivity index (χ1n) is 6.62. The maximum atomic E-state index is 5.25. The summed E-state index contributed by atoms with van der Waals surface area (Å²) in [7, 11) is 3.35. The van der Waals surface area contributed by atoms with Crippen molar-refractivity contribution in [3.63, 3.8) is 0 Å². The van der Waals surface area contributed by atoms with E-state index in [-0.39, 0.29) is 5.54 Å². The van der Waals surface area contributed by atoms with Gasteiger partial charge in [0.1, 0.15) is 11.5 Å². The third kappa shape index (κ3) is 3.23. The summed E-state index contributed by atoms with van der Waals surface area (Å²) in [6.45, 7) is 4.29. The lowest BCUT2D eigenvalue weighted by Crippen LogP contribution is -2.27. The topological polar surface area (TPSA) is 30.5 Å². The van der Waals surface area contributed by atoms with Crippen LogP contribution in [0.5, 0.6) is 11.5 Å². The SMILES string of the molecule is COc1ccc(C(C)(C)Nc2cccc(OC)c2)cc1. The lowest BCUT2D eigenvalue weighted by Gasteiger charge is -2.28. The molecule has 0 amide bonds. The number of hydrogen-bond donors (Lipinski definition) is 1. The molecule has 0 radical (unpaired) electrons. The largest absolute Gasteiger partial charge is 0.497 e. The summed E-state index contributed by atoms with van der Waals surface area (Å²) in [6, 6.07) is 16.0. The van der Waals surface area contributed by atoms with E-state index in [1.807, 2.05) is 36.4 Å². The predicted octanol–water partition coefficient (Wildman–Crippen LogP) is 4.05. The molecule has 0 aliphatic rings. The molecule has 0 bridgehead atoms. The van der Waals surface area contributed by atoms with Crippen molar-refractivity contribution >= 4 is 5.69 Å². The van der Waals surface area contributed by atoms with Crippen LogP contribution in [0.25, 0.3) is 0 Å². The molecule has 0 unspecified atom stereocenters. The fourth-order valence-electron chi connectivity index (χ4n) is 2.14. The maximum absolute atomic E-state index is 5.25. The van der Waals surface area contributed by atoms with Gasteiger partial charge >= 0.3 is 0 Å². The molecule has 0 aliphatic carbocycles. The molecule has 0 spiro atoms. The number of rotatable bonds is 5. The van der Waals surface area contributed by atoms with Crippen molar-refractivity contribution in [1.29, 1.82) is 0 Å². The smallest absolute Gasteiger partial charge is 0.120 e. The quantitative estimate of drug-likeness (QED) is 0.890. The zero-order valence-electron chi connectivity index (χ0n) is 12.4. The number of benzene rings is 2. The summed E-state index contributed by atoms with van der Waals surface area (Å²) in [5.74, 6) is 1.71. The van der Waals surface area contributed by atoms with Crippen LogP contribution in [0, 0.1) is 0 Å². The van der Waals surface area contributed by atoms with Gasteiger partial charge in [0.25, 0.3) is 0 Å². The highest BCUT2D eigenvalue weighted by molar-refractivity contribution is 5.51. The molecule has 0 fully saturated rings. The molecule has 0 aliphatic heterocycles. The van der Waals surface area contributed by atoms with Gasteiger partial charge in [-0.2, -0.15) is 0 Å². The van der Waals surface area contributed by atoms with Gasteiger partial charge in [0.2, 0.25) is 0 Å². The summed E-state index contributed by atoms with van der Waals surface area (Å²) < 4.78 is 10.4. The minimum Gasteiger partial charge on any atom is -0.497 e. The Kier molecular flexibility index (Phi) is 4.18. The van der Waals surface area contributed by atoms with Gasteiger partial charge in [-0.15, -0.1) is 0 Å². The van der Waals surface area contributed by atoms with Crippen LogP contribution < -0.4 is 14.8 Å². The van der Waals surface area contributed by atoms with E-state index in [1.165, 1.54) is 5.56 Å². The highest BCUT2D eigenvalue weighted by atomic mass is 16.5. The summed E-state index contributed by atoms with van der Waals surface area (Å²) in [4.78, 5) is 0. The fourth-order valence-corrected chi connectivity index (χ4v) is 2.14. The minimum absolute atomic E-state index is 0.182. The monoisotopic (exact) mass is 271 g/mol. The third-order valence-corrected chi connectivity index (χ3v) is 3.34. The van der Waals surface area contributed by atoms with E-state index in [0.717, 1.165) is 17.2 Å². The number of nitrogens with one attached hydrogen (secondary N) is 1. The summed E-state index contributed by atoms with van der Waals surface area (Å²) in [5, 5.41) is 3.53. The van der Waals surface area contributed by atoms with Crippen LogP contribution >= 0.6 is 0 Å². The van der Waals surface area contributed by atoms with Crippen molar-refractivity contribution < 1.29 is 9.47 Å². The molecule has 106 valence electrons. The zero-order chi connectivity index (χ0) is 14.6. The number of hydrogen-bond acceptors (Lipinski definition) is 3. The highest BCUT2D eigenvalue weighted by Gasteiger charge is 2.20. The number of methoxy groups -OCH3 is 2. The van der Waals surface area contributed by atoms with Crippen molar-refractivity contribution in [2.24, 2.45) is 0 Å². The van der Waals surface area contributed by atoms with E-state index in [2.05, 4.69) is 31.3 Å². The first-order chi connectivity index (χ1) is 9.55. The lowest BCUT2D eigenvalue weighted by atomic mass is 9.94. The van der Waals surface area contributed by atoms with Crippen molar-refractivity contribution in [2.45, 2.75) is 19.4 Å². The third-order valence-electron chi connectivity index (χ3n) is 3.34. The average molecular weight is 271 g/mol. The molecular weight excluding hydrogens is 250 g/mol. The Labute approximate surface area is 120 Å². The van der Waals surface area contributed by atoms with Gasteiger partial charge in [-0.1, -0.05) is 18.2 Å². The van der Waals surface area contributed by atoms with E-state index < -0.39 is 0 Å². The van der Waals surface area contributed by atoms with E-state index in [1.54, 1.807) is 14.2 Å². The second kappa shape index (κ2) is 5.87. The number of anilines is 1. The molecule has 0 atom stereocenters. The summed E-state index contributed by atoms with van der Waals surface area (Å²) in [5.41, 5.74) is 2.05. The van der Waals surface area contributed by atoms with Gasteiger partial charge < -0.3 is 14.8 Å². The molecule has 0 heterocycles. The van der Waals surface area contributed by atoms with Crippen molar-refractivity contribution in [3.05, 3.63) is 54.1 Å². The molecule has 3 nitrogen and oxygen atoms in total. The molecule has 2 aromatic rings. The van der Waals surface area contributed by atoms with Gasteiger partial charge in [-0.25, -0.2) is 0 Å². The van der Waals surface area contributed by atoms with Crippen LogP contribution in [-0.2, 0) is 5.54 Å². The van der Waals surface area contributed by atoms with Crippen LogP contribution in [0.15, 0.2) is 48.5 Å². The van der Waals surface area contributed by atoms with Gasteiger partial charge in [0, 0.05) is 11.8 Å². The molecule has 0 saturated carbocycles. The van der Waals surface area contributed by atoms with Gasteiger partial charge in [-0.05, 0) is 43.7 Å². The normalized spacial score (nSPS) is 11.0. The maximum Gasteiger partial charge on any atom is 0.120 e. The summed E-state index contributed by atoms with van der Waals surface area (Å²) >= 11 is 0. The molecule has 2 rings (SSSR count). The van der Waals surface area contributed by atoms with Crippen molar-refractivity contribution in [2.75, 3.05) is 19.5 Å². The van der Waals surface area contributed by atoms with E-state index in [4.69, 9.17) is 9.47 Å². The standard InChI is InChI=1S/C17H21NO2/c1-17(2,13-8-10-15(19-3)11-9-13)18-14-6-5-7-16(12-14)20-4/h5-12,18H,1-4H3. The van der Waals surface area contributed by atoms with Crippen LogP contribution in [0.4, 0.5) is 5.69 Å². The lowest BCUT2D eigenvalue weighted by molar-refractivity contribution is 0.414.